The van der Waals surface area contributed by atoms with Crippen molar-refractivity contribution in [1.29, 1.82) is 0 Å². The van der Waals surface area contributed by atoms with E-state index in [2.05, 4.69) is 46.7 Å². The Morgan fingerprint density at radius 3 is 2.61 bits per heavy atom. The summed E-state index contributed by atoms with van der Waals surface area (Å²) < 4.78 is 0. The number of H-pyrrole nitrogens is 1. The molecule has 1 N–H and O–H groups in total. The number of aromatic nitrogens is 2. The van der Waals surface area contributed by atoms with E-state index in [1.54, 1.807) is 0 Å². The number of hydrogen-bond donors (Lipinski definition) is 1. The van der Waals surface area contributed by atoms with E-state index in [9.17, 15) is 4.79 Å². The molecule has 4 heterocycles. The van der Waals surface area contributed by atoms with Crippen LogP contribution in [0.25, 0.3) is 5.57 Å². The fourth-order valence-corrected chi connectivity index (χ4v) is 6.71. The first-order valence-corrected chi connectivity index (χ1v) is 13.6. The Bertz CT molecular complexity index is 1160. The quantitative estimate of drug-likeness (QED) is 0.703. The van der Waals surface area contributed by atoms with Crippen LogP contribution >= 0.6 is 0 Å². The van der Waals surface area contributed by atoms with Crippen molar-refractivity contribution in [2.24, 2.45) is 16.3 Å². The Balaban J connectivity index is 1.09. The summed E-state index contributed by atoms with van der Waals surface area (Å²) in [5.74, 6) is 2.94. The van der Waals surface area contributed by atoms with Crippen molar-refractivity contribution in [3.05, 3.63) is 59.8 Å². The minimum absolute atomic E-state index is 0.138. The molecule has 3 atom stereocenters. The van der Waals surface area contributed by atoms with Gasteiger partial charge in [-0.1, -0.05) is 31.5 Å². The van der Waals surface area contributed by atoms with Crippen molar-refractivity contribution in [2.75, 3.05) is 32.7 Å². The van der Waals surface area contributed by atoms with Gasteiger partial charge in [-0.3, -0.25) is 9.69 Å². The molecule has 1 saturated carbocycles. The first kappa shape index (κ1) is 23.5. The number of benzene rings is 1. The molecule has 0 spiro atoms. The number of piperazine rings is 1. The van der Waals surface area contributed by atoms with Crippen molar-refractivity contribution >= 4 is 17.3 Å². The second kappa shape index (κ2) is 9.18. The molecule has 36 heavy (non-hydrogen) atoms. The van der Waals surface area contributed by atoms with Crippen molar-refractivity contribution in [2.45, 2.75) is 58.5 Å². The van der Waals surface area contributed by atoms with Gasteiger partial charge in [0.05, 0.1) is 0 Å². The zero-order valence-electron chi connectivity index (χ0n) is 21.8. The number of allylic oxidation sites excluding steroid dienone is 1. The molecule has 2 unspecified atom stereocenters. The molecule has 3 fully saturated rings. The molecule has 6 rings (SSSR count). The lowest BCUT2D eigenvalue weighted by molar-refractivity contribution is 0.0290. The first-order valence-electron chi connectivity index (χ1n) is 13.6. The van der Waals surface area contributed by atoms with Crippen LogP contribution in [-0.2, 0) is 0 Å². The molecule has 1 aromatic carbocycles. The highest BCUT2D eigenvalue weighted by atomic mass is 16.2. The maximum absolute atomic E-state index is 13.0. The van der Waals surface area contributed by atoms with Gasteiger partial charge in [0.15, 0.2) is 0 Å². The Kier molecular flexibility index (Phi) is 5.98. The molecule has 190 valence electrons. The highest BCUT2D eigenvalue weighted by molar-refractivity contribution is 5.97. The number of aliphatic imine (C=N–C) groups is 1. The van der Waals surface area contributed by atoms with Crippen molar-refractivity contribution in [1.82, 2.24) is 24.7 Å². The predicted octanol–water partition coefficient (Wildman–Crippen LogP) is 4.20. The third-order valence-electron chi connectivity index (χ3n) is 9.04. The third-order valence-corrected chi connectivity index (χ3v) is 9.04. The van der Waals surface area contributed by atoms with Crippen LogP contribution in [0.4, 0.5) is 0 Å². The fourth-order valence-electron chi connectivity index (χ4n) is 6.71. The van der Waals surface area contributed by atoms with Gasteiger partial charge in [-0.05, 0) is 44.7 Å². The number of carbonyl (C=O) groups is 1. The van der Waals surface area contributed by atoms with E-state index < -0.39 is 0 Å². The number of nitrogens with zero attached hydrogens (tertiary/aromatic N) is 5. The van der Waals surface area contributed by atoms with Crippen LogP contribution in [0.15, 0.2) is 47.9 Å². The number of piperidine rings is 1. The number of aromatic amines is 1. The van der Waals surface area contributed by atoms with E-state index in [4.69, 9.17) is 4.99 Å². The zero-order chi connectivity index (χ0) is 24.9. The van der Waals surface area contributed by atoms with E-state index in [0.717, 1.165) is 69.8 Å². The largest absolute Gasteiger partial charge is 0.357 e. The molecule has 7 heteroatoms. The summed E-state index contributed by atoms with van der Waals surface area (Å²) >= 11 is 0. The van der Waals surface area contributed by atoms with Crippen LogP contribution in [0.1, 0.15) is 61.3 Å². The van der Waals surface area contributed by atoms with Gasteiger partial charge < -0.3 is 14.8 Å². The number of rotatable bonds is 4. The van der Waals surface area contributed by atoms with Gasteiger partial charge in [0.1, 0.15) is 11.7 Å². The summed E-state index contributed by atoms with van der Waals surface area (Å²) in [5.41, 5.74) is 3.39. The molecule has 0 bridgehead atoms. The zero-order valence-corrected chi connectivity index (χ0v) is 21.8. The smallest absolute Gasteiger partial charge is 0.253 e. The number of nitrogens with one attached hydrogen (secondary N) is 1. The van der Waals surface area contributed by atoms with Crippen molar-refractivity contribution in [3.63, 3.8) is 0 Å². The Morgan fingerprint density at radius 2 is 1.92 bits per heavy atom. The van der Waals surface area contributed by atoms with Gasteiger partial charge >= 0.3 is 0 Å². The molecule has 4 aliphatic rings. The molecule has 3 aliphatic heterocycles. The second-order valence-electron chi connectivity index (χ2n) is 11.3. The summed E-state index contributed by atoms with van der Waals surface area (Å²) in [5, 5.41) is 0. The maximum Gasteiger partial charge on any atom is 0.253 e. The highest BCUT2D eigenvalue weighted by Gasteiger charge is 2.59. The molecule has 2 saturated heterocycles. The predicted molar refractivity (Wildman–Crippen MR) is 143 cm³/mol. The van der Waals surface area contributed by atoms with Crippen LogP contribution in [0.2, 0.25) is 0 Å². The van der Waals surface area contributed by atoms with Gasteiger partial charge in [-0.25, -0.2) is 9.98 Å². The topological polar surface area (TPSA) is 67.8 Å². The van der Waals surface area contributed by atoms with Crippen molar-refractivity contribution in [3.8, 4) is 0 Å². The standard InChI is InChI=1S/C29H38N6O/c1-4-22-19-34(28-29(3)17-25(29)24(18-32-28)26-30-11-12-31-26)15-16-35(22)23-9-13-33(14-10-23)27(36)21-7-5-20(2)6-8-21/h5-8,11-12,18,22-23,25H,4,9-10,13-17,19H2,1-3H3,(H,30,31)/t22-,25?,29?/m0/s1. The fraction of sp³-hybridized carbons (Fsp3) is 0.552. The minimum atomic E-state index is 0.138. The summed E-state index contributed by atoms with van der Waals surface area (Å²) in [6, 6.07) is 9.06. The van der Waals surface area contributed by atoms with E-state index in [1.807, 2.05) is 41.6 Å². The molecule has 1 aromatic heterocycles. The average molecular weight is 487 g/mol. The number of amides is 1. The van der Waals surface area contributed by atoms with E-state index >= 15 is 0 Å². The monoisotopic (exact) mass is 486 g/mol. The second-order valence-corrected chi connectivity index (χ2v) is 11.3. The number of fused-ring (bicyclic) bond motifs is 1. The summed E-state index contributed by atoms with van der Waals surface area (Å²) in [7, 11) is 0. The molecule has 2 aromatic rings. The maximum atomic E-state index is 13.0. The minimum Gasteiger partial charge on any atom is -0.357 e. The molecule has 0 radical (unpaired) electrons. The lowest BCUT2D eigenvalue weighted by Gasteiger charge is -2.49. The number of amidine groups is 1. The Hall–Kier alpha value is -2.93. The number of carbonyl (C=O) groups excluding carboxylic acids is 1. The average Bonchev–Trinajstić information content (AvgIpc) is 3.33. The molecular weight excluding hydrogens is 448 g/mol. The van der Waals surface area contributed by atoms with Crippen LogP contribution in [0.5, 0.6) is 0 Å². The van der Waals surface area contributed by atoms with Gasteiger partial charge in [0.25, 0.3) is 5.91 Å². The molecule has 7 nitrogen and oxygen atoms in total. The summed E-state index contributed by atoms with van der Waals surface area (Å²) in [6.07, 6.45) is 10.2. The lowest BCUT2D eigenvalue weighted by atomic mass is 9.94. The number of hydrogen-bond acceptors (Lipinski definition) is 5. The van der Waals surface area contributed by atoms with Crippen LogP contribution in [-0.4, -0.2) is 81.2 Å². The van der Waals surface area contributed by atoms with Crippen molar-refractivity contribution < 1.29 is 4.79 Å². The molecule has 1 amide bonds. The molecule has 1 aliphatic carbocycles. The van der Waals surface area contributed by atoms with Gasteiger partial charge in [-0.15, -0.1) is 0 Å². The SMILES string of the molecule is CC[C@H]1CN(C2=NC=C(c3ncc[nH]3)C3CC23C)CCN1C1CCN(C(=O)c2ccc(C)cc2)CC1. The summed E-state index contributed by atoms with van der Waals surface area (Å²) in [4.78, 5) is 33.1. The van der Waals surface area contributed by atoms with Crippen LogP contribution < -0.4 is 0 Å². The number of likely N-dealkylation sites (tertiary alicyclic amines) is 1. The van der Waals surface area contributed by atoms with Gasteiger partial charge in [0, 0.05) is 85.9 Å². The molecular formula is C29H38N6O. The van der Waals surface area contributed by atoms with E-state index in [0.29, 0.717) is 18.0 Å². The highest BCUT2D eigenvalue weighted by Crippen LogP contribution is 2.61. The van der Waals surface area contributed by atoms with Crippen LogP contribution in [0, 0.1) is 18.3 Å². The van der Waals surface area contributed by atoms with E-state index in [-0.39, 0.29) is 11.3 Å². The van der Waals surface area contributed by atoms with E-state index in [1.165, 1.54) is 17.0 Å². The van der Waals surface area contributed by atoms with Gasteiger partial charge in [0.2, 0.25) is 0 Å². The Morgan fingerprint density at radius 1 is 1.14 bits per heavy atom. The number of aryl methyl sites for hydroxylation is 1. The Labute approximate surface area is 214 Å². The van der Waals surface area contributed by atoms with Gasteiger partial charge in [-0.2, -0.15) is 0 Å². The number of imidazole rings is 1. The first-order chi connectivity index (χ1) is 17.5. The normalized spacial score (nSPS) is 29.0. The third kappa shape index (κ3) is 4.07. The van der Waals surface area contributed by atoms with Crippen LogP contribution in [0.3, 0.4) is 0 Å². The summed E-state index contributed by atoms with van der Waals surface area (Å²) in [6.45, 7) is 11.6. The lowest BCUT2D eigenvalue weighted by Crippen LogP contribution is -2.60.